The smallest absolute Gasteiger partial charge is 0.262 e. The predicted molar refractivity (Wildman–Crippen MR) is 103 cm³/mol. The molecule has 3 aromatic rings. The van der Waals surface area contributed by atoms with Crippen molar-refractivity contribution >= 4 is 15.8 Å². The van der Waals surface area contributed by atoms with Crippen LogP contribution < -0.4 is 4.90 Å². The maximum Gasteiger partial charge on any atom is 0.262 e. The van der Waals surface area contributed by atoms with Crippen LogP contribution in [0.2, 0.25) is 0 Å². The van der Waals surface area contributed by atoms with Crippen molar-refractivity contribution in [1.29, 1.82) is 0 Å². The van der Waals surface area contributed by atoms with Gasteiger partial charge in [-0.1, -0.05) is 0 Å². The number of anilines is 1. The van der Waals surface area contributed by atoms with Crippen LogP contribution in [-0.2, 0) is 16.6 Å². The molecule has 1 aliphatic rings. The van der Waals surface area contributed by atoms with Gasteiger partial charge in [0, 0.05) is 57.4 Å². The molecule has 11 heteroatoms. The molecule has 1 saturated heterocycles. The highest BCUT2D eigenvalue weighted by Gasteiger charge is 2.31. The van der Waals surface area contributed by atoms with E-state index in [1.165, 1.54) is 10.6 Å². The number of sulfonamides is 1. The Bertz CT molecular complexity index is 1050. The fourth-order valence-corrected chi connectivity index (χ4v) is 4.67. The van der Waals surface area contributed by atoms with Crippen LogP contribution >= 0.6 is 0 Å². The number of aryl methyl sites for hydroxylation is 2. The molecule has 148 valence electrons. The number of nitrogens with zero attached hydrogens (tertiary/aromatic N) is 8. The molecule has 0 aliphatic carbocycles. The van der Waals surface area contributed by atoms with Gasteiger partial charge in [-0.25, -0.2) is 28.1 Å². The molecular weight excluding hydrogens is 380 g/mol. The summed E-state index contributed by atoms with van der Waals surface area (Å²) in [6.07, 6.45) is 6.61. The van der Waals surface area contributed by atoms with Crippen molar-refractivity contribution in [2.24, 2.45) is 0 Å². The first-order valence-corrected chi connectivity index (χ1v) is 10.5. The van der Waals surface area contributed by atoms with Gasteiger partial charge in [0.15, 0.2) is 10.8 Å². The van der Waals surface area contributed by atoms with Gasteiger partial charge in [0.2, 0.25) is 0 Å². The molecule has 28 heavy (non-hydrogen) atoms. The van der Waals surface area contributed by atoms with Crippen molar-refractivity contribution in [3.05, 3.63) is 42.9 Å². The van der Waals surface area contributed by atoms with Crippen LogP contribution in [0.25, 0.3) is 5.82 Å². The average molecular weight is 402 g/mol. The van der Waals surface area contributed by atoms with Crippen molar-refractivity contribution in [3.63, 3.8) is 0 Å². The third kappa shape index (κ3) is 3.38. The van der Waals surface area contributed by atoms with Gasteiger partial charge in [-0.2, -0.15) is 9.40 Å². The van der Waals surface area contributed by atoms with Gasteiger partial charge in [-0.15, -0.1) is 0 Å². The normalized spacial score (nSPS) is 15.9. The van der Waals surface area contributed by atoms with Crippen LogP contribution in [0.1, 0.15) is 12.7 Å². The fourth-order valence-electron chi connectivity index (χ4n) is 3.25. The van der Waals surface area contributed by atoms with Gasteiger partial charge < -0.3 is 9.47 Å². The van der Waals surface area contributed by atoms with Crippen LogP contribution in [-0.4, -0.2) is 68.2 Å². The largest absolute Gasteiger partial charge is 0.354 e. The number of rotatable bonds is 5. The minimum Gasteiger partial charge on any atom is -0.354 e. The Kier molecular flexibility index (Phi) is 4.85. The van der Waals surface area contributed by atoms with E-state index in [1.807, 2.05) is 36.7 Å². The van der Waals surface area contributed by atoms with Crippen LogP contribution in [0, 0.1) is 6.92 Å². The lowest BCUT2D eigenvalue weighted by Gasteiger charge is -2.34. The first-order valence-electron chi connectivity index (χ1n) is 9.10. The lowest BCUT2D eigenvalue weighted by Crippen LogP contribution is -2.49. The van der Waals surface area contributed by atoms with E-state index in [0.29, 0.717) is 44.4 Å². The second-order valence-corrected chi connectivity index (χ2v) is 8.37. The molecule has 1 aliphatic heterocycles. The van der Waals surface area contributed by atoms with Crippen LogP contribution in [0.4, 0.5) is 5.82 Å². The summed E-state index contributed by atoms with van der Waals surface area (Å²) in [5, 5.41) is 4.29. The van der Waals surface area contributed by atoms with Crippen molar-refractivity contribution in [1.82, 2.24) is 33.6 Å². The topological polar surface area (TPSA) is 102 Å². The highest BCUT2D eigenvalue weighted by atomic mass is 32.2. The minimum absolute atomic E-state index is 0.114. The van der Waals surface area contributed by atoms with Crippen LogP contribution in [0.15, 0.2) is 42.1 Å². The summed E-state index contributed by atoms with van der Waals surface area (Å²) in [6.45, 7) is 6.30. The summed E-state index contributed by atoms with van der Waals surface area (Å²) >= 11 is 0. The Morgan fingerprint density at radius 1 is 1.11 bits per heavy atom. The van der Waals surface area contributed by atoms with Crippen LogP contribution in [0.5, 0.6) is 0 Å². The van der Waals surface area contributed by atoms with E-state index in [9.17, 15) is 8.42 Å². The van der Waals surface area contributed by atoms with Gasteiger partial charge >= 0.3 is 0 Å². The van der Waals surface area contributed by atoms with E-state index < -0.39 is 10.0 Å². The molecule has 0 radical (unpaired) electrons. The molecule has 0 saturated carbocycles. The molecule has 0 unspecified atom stereocenters. The van der Waals surface area contributed by atoms with Gasteiger partial charge in [-0.3, -0.25) is 0 Å². The van der Waals surface area contributed by atoms with Gasteiger partial charge in [0.05, 0.1) is 0 Å². The number of hydrogen-bond donors (Lipinski definition) is 0. The van der Waals surface area contributed by atoms with Gasteiger partial charge in [-0.05, 0) is 19.9 Å². The number of piperazine rings is 1. The summed E-state index contributed by atoms with van der Waals surface area (Å²) in [5.74, 6) is 2.13. The zero-order valence-corrected chi connectivity index (χ0v) is 16.6. The quantitative estimate of drug-likeness (QED) is 0.619. The molecule has 0 spiro atoms. The van der Waals surface area contributed by atoms with E-state index in [-0.39, 0.29) is 5.03 Å². The van der Waals surface area contributed by atoms with E-state index in [1.54, 1.807) is 17.1 Å². The highest BCUT2D eigenvalue weighted by molar-refractivity contribution is 7.89. The predicted octanol–water partition coefficient (Wildman–Crippen LogP) is 0.698. The Morgan fingerprint density at radius 3 is 2.50 bits per heavy atom. The SMILES string of the molecule is CCn1cc(S(=O)(=O)N2CCN(c3cc(-n4cccn4)ncn3)CC2)nc1C. The Labute approximate surface area is 163 Å². The Hall–Kier alpha value is -2.79. The molecular formula is C17H22N8O2S. The van der Waals surface area contributed by atoms with Crippen molar-refractivity contribution < 1.29 is 8.42 Å². The minimum atomic E-state index is -3.60. The van der Waals surface area contributed by atoms with Crippen molar-refractivity contribution in [3.8, 4) is 5.82 Å². The summed E-state index contributed by atoms with van der Waals surface area (Å²) in [5.41, 5.74) is 0. The first kappa shape index (κ1) is 18.6. The lowest BCUT2D eigenvalue weighted by atomic mass is 10.3. The monoisotopic (exact) mass is 402 g/mol. The maximum absolute atomic E-state index is 12.9. The highest BCUT2D eigenvalue weighted by Crippen LogP contribution is 2.20. The summed E-state index contributed by atoms with van der Waals surface area (Å²) in [4.78, 5) is 14.9. The molecule has 1 fully saturated rings. The lowest BCUT2D eigenvalue weighted by molar-refractivity contribution is 0.382. The Morgan fingerprint density at radius 2 is 1.86 bits per heavy atom. The molecule has 0 amide bonds. The van der Waals surface area contributed by atoms with E-state index >= 15 is 0 Å². The van der Waals surface area contributed by atoms with E-state index in [2.05, 4.69) is 25.0 Å². The molecule has 0 N–H and O–H groups in total. The standard InChI is InChI=1S/C17H22N8O2S/c1-3-22-12-17(21-14(22)2)28(26,27)24-9-7-23(8-10-24)15-11-16(19-13-18-15)25-6-4-5-20-25/h4-6,11-13H,3,7-10H2,1-2H3. The van der Waals surface area contributed by atoms with Crippen molar-refractivity contribution in [2.45, 2.75) is 25.4 Å². The molecule has 4 heterocycles. The summed E-state index contributed by atoms with van der Waals surface area (Å²) in [7, 11) is -3.60. The molecule has 10 nitrogen and oxygen atoms in total. The van der Waals surface area contributed by atoms with E-state index in [4.69, 9.17) is 0 Å². The molecule has 0 aromatic carbocycles. The van der Waals surface area contributed by atoms with E-state index in [0.717, 1.165) is 5.82 Å². The average Bonchev–Trinajstić information content (AvgIpc) is 3.38. The molecule has 0 atom stereocenters. The fraction of sp³-hybridized carbons (Fsp3) is 0.412. The zero-order valence-electron chi connectivity index (χ0n) is 15.8. The first-order chi connectivity index (χ1) is 13.5. The molecule has 3 aromatic heterocycles. The van der Waals surface area contributed by atoms with Crippen LogP contribution in [0.3, 0.4) is 0 Å². The second-order valence-electron chi connectivity index (χ2n) is 6.49. The second kappa shape index (κ2) is 7.32. The summed E-state index contributed by atoms with van der Waals surface area (Å²) < 4.78 is 30.8. The third-order valence-corrected chi connectivity index (χ3v) is 6.61. The van der Waals surface area contributed by atoms with Gasteiger partial charge in [0.25, 0.3) is 10.0 Å². The number of aromatic nitrogens is 6. The Balaban J connectivity index is 1.48. The van der Waals surface area contributed by atoms with Gasteiger partial charge in [0.1, 0.15) is 18.0 Å². The summed E-state index contributed by atoms with van der Waals surface area (Å²) in [6, 6.07) is 3.68. The van der Waals surface area contributed by atoms with Crippen molar-refractivity contribution in [2.75, 3.05) is 31.1 Å². The molecule has 4 rings (SSSR count). The maximum atomic E-state index is 12.9. The zero-order chi connectivity index (χ0) is 19.7. The molecule has 0 bridgehead atoms. The number of imidazole rings is 1. The third-order valence-electron chi connectivity index (χ3n) is 4.84. The number of hydrogen-bond acceptors (Lipinski definition) is 7.